The average molecular weight is 515 g/mol. The quantitative estimate of drug-likeness (QED) is 0.596. The molecule has 2 bridgehead atoms. The molecule has 11 heteroatoms. The van der Waals surface area contributed by atoms with Gasteiger partial charge in [0.05, 0.1) is 24.3 Å². The molecule has 188 valence electrons. The minimum Gasteiger partial charge on any atom is -0.331 e. The molecule has 5 nitrogen and oxygen atoms in total. The zero-order valence-electron chi connectivity index (χ0n) is 18.7. The van der Waals surface area contributed by atoms with Crippen LogP contribution < -0.4 is 4.72 Å². The second-order valence-corrected chi connectivity index (χ2v) is 11.8. The monoisotopic (exact) mass is 514 g/mol. The molecule has 2 aromatic rings. The Morgan fingerprint density at radius 3 is 2.20 bits per heavy atom. The van der Waals surface area contributed by atoms with Crippen LogP contribution in [0.2, 0.25) is 0 Å². The van der Waals surface area contributed by atoms with E-state index in [1.807, 2.05) is 4.72 Å². The van der Waals surface area contributed by atoms with E-state index in [0.29, 0.717) is 25.2 Å². The van der Waals surface area contributed by atoms with Gasteiger partial charge < -0.3 is 4.90 Å². The number of hydrogen-bond donors (Lipinski definition) is 1. The summed E-state index contributed by atoms with van der Waals surface area (Å²) < 4.78 is 99.4. The first-order valence-corrected chi connectivity index (χ1v) is 13.1. The first kappa shape index (κ1) is 24.2. The van der Waals surface area contributed by atoms with E-state index in [0.717, 1.165) is 17.2 Å². The van der Waals surface area contributed by atoms with Gasteiger partial charge in [-0.25, -0.2) is 35.1 Å². The smallest absolute Gasteiger partial charge is 0.283 e. The Morgan fingerprint density at radius 1 is 1.03 bits per heavy atom. The highest BCUT2D eigenvalue weighted by molar-refractivity contribution is 7.88. The Bertz CT molecular complexity index is 1300. The van der Waals surface area contributed by atoms with E-state index in [2.05, 4.69) is 0 Å². The molecule has 35 heavy (non-hydrogen) atoms. The summed E-state index contributed by atoms with van der Waals surface area (Å²) in [5.41, 5.74) is -1.43. The number of sulfonamides is 1. The van der Waals surface area contributed by atoms with E-state index in [1.165, 1.54) is 30.3 Å². The van der Waals surface area contributed by atoms with Crippen molar-refractivity contribution in [3.05, 3.63) is 59.4 Å². The second-order valence-electron chi connectivity index (χ2n) is 9.97. The number of likely N-dealkylation sites (tertiary alicyclic amines) is 1. The van der Waals surface area contributed by atoms with Crippen LogP contribution in [-0.4, -0.2) is 50.0 Å². The molecule has 0 unspecified atom stereocenters. The number of nitrogens with zero attached hydrogens (tertiary/aromatic N) is 1. The first-order valence-electron chi connectivity index (χ1n) is 11.2. The predicted molar refractivity (Wildman–Crippen MR) is 117 cm³/mol. The number of halogens is 5. The fourth-order valence-corrected chi connectivity index (χ4v) is 6.47. The Kier molecular flexibility index (Phi) is 5.52. The second kappa shape index (κ2) is 7.99. The van der Waals surface area contributed by atoms with Crippen LogP contribution in [0.25, 0.3) is 11.1 Å². The molecular formula is C24H23F5N2O3S. The molecule has 4 aliphatic rings. The number of nitrogens with one attached hydrogen (secondary N) is 1. The van der Waals surface area contributed by atoms with Gasteiger partial charge in [-0.05, 0) is 43.2 Å². The average Bonchev–Trinajstić information content (AvgIpc) is 2.93. The van der Waals surface area contributed by atoms with Gasteiger partial charge in [-0.1, -0.05) is 30.3 Å². The minimum absolute atomic E-state index is 0.121. The largest absolute Gasteiger partial charge is 0.331 e. The van der Waals surface area contributed by atoms with E-state index in [-0.39, 0.29) is 16.7 Å². The van der Waals surface area contributed by atoms with Gasteiger partial charge in [0.25, 0.3) is 5.92 Å². The lowest BCUT2D eigenvalue weighted by atomic mass is 9.44. The Hall–Kier alpha value is -2.53. The molecule has 1 saturated heterocycles. The molecule has 2 aromatic carbocycles. The molecule has 3 aliphatic carbocycles. The molecule has 1 aliphatic heterocycles. The van der Waals surface area contributed by atoms with E-state index in [1.54, 1.807) is 0 Å². The van der Waals surface area contributed by atoms with E-state index >= 15 is 13.2 Å². The predicted octanol–water partition coefficient (Wildman–Crippen LogP) is 3.88. The molecule has 2 atom stereocenters. The van der Waals surface area contributed by atoms with Crippen molar-refractivity contribution in [1.29, 1.82) is 0 Å². The van der Waals surface area contributed by atoms with Crippen molar-refractivity contribution in [1.82, 2.24) is 9.62 Å². The van der Waals surface area contributed by atoms with Crippen molar-refractivity contribution >= 4 is 15.9 Å². The van der Waals surface area contributed by atoms with Gasteiger partial charge >= 0.3 is 0 Å². The van der Waals surface area contributed by atoms with Crippen LogP contribution in [0.5, 0.6) is 0 Å². The third-order valence-electron chi connectivity index (χ3n) is 7.46. The van der Waals surface area contributed by atoms with Crippen LogP contribution in [0.4, 0.5) is 22.0 Å². The third-order valence-corrected chi connectivity index (χ3v) is 8.15. The number of amides is 1. The summed E-state index contributed by atoms with van der Waals surface area (Å²) >= 11 is 0. The highest BCUT2D eigenvalue weighted by Crippen LogP contribution is 2.65. The lowest BCUT2D eigenvalue weighted by molar-refractivity contribution is -0.178. The molecule has 6 rings (SSSR count). The van der Waals surface area contributed by atoms with E-state index in [9.17, 15) is 22.0 Å². The normalized spacial score (nSPS) is 29.0. The van der Waals surface area contributed by atoms with Gasteiger partial charge in [0.2, 0.25) is 15.9 Å². The van der Waals surface area contributed by atoms with Crippen molar-refractivity contribution < 1.29 is 35.2 Å². The van der Waals surface area contributed by atoms with Crippen LogP contribution in [0.3, 0.4) is 0 Å². The van der Waals surface area contributed by atoms with E-state index in [4.69, 9.17) is 0 Å². The molecule has 4 fully saturated rings. The topological polar surface area (TPSA) is 66.5 Å². The lowest BCUT2D eigenvalue weighted by Gasteiger charge is -2.61. The van der Waals surface area contributed by atoms with Crippen molar-refractivity contribution in [2.75, 3.05) is 12.8 Å². The highest BCUT2D eigenvalue weighted by Gasteiger charge is 2.66. The molecule has 1 amide bonds. The van der Waals surface area contributed by atoms with Gasteiger partial charge in [0.15, 0.2) is 11.6 Å². The van der Waals surface area contributed by atoms with Crippen molar-refractivity contribution in [2.45, 2.75) is 43.7 Å². The maximum Gasteiger partial charge on any atom is 0.283 e. The molecular weight excluding hydrogens is 491 g/mol. The third kappa shape index (κ3) is 4.02. The first-order chi connectivity index (χ1) is 16.3. The Balaban J connectivity index is 1.53. The van der Waals surface area contributed by atoms with Crippen LogP contribution in [-0.2, 0) is 21.2 Å². The van der Waals surface area contributed by atoms with Gasteiger partial charge in [-0.3, -0.25) is 4.79 Å². The summed E-state index contributed by atoms with van der Waals surface area (Å²) in [6.45, 7) is -0.990. The number of carbonyl (C=O) groups is 1. The van der Waals surface area contributed by atoms with E-state index < -0.39 is 69.8 Å². The zero-order valence-corrected chi connectivity index (χ0v) is 19.5. The van der Waals surface area contributed by atoms with Gasteiger partial charge in [-0.15, -0.1) is 0 Å². The SMILES string of the molecule is CS(=O)(=O)N[C@@H]1[C@H](Cc2cccc(-c3cccc(F)c3F)c2F)N(C(=O)C23CC(C2)C3)CC1(F)F. The van der Waals surface area contributed by atoms with Crippen LogP contribution in [0.15, 0.2) is 36.4 Å². The highest BCUT2D eigenvalue weighted by atomic mass is 32.2. The Morgan fingerprint density at radius 2 is 1.63 bits per heavy atom. The van der Waals surface area contributed by atoms with Crippen LogP contribution in [0.1, 0.15) is 24.8 Å². The van der Waals surface area contributed by atoms with Gasteiger partial charge in [-0.2, -0.15) is 0 Å². The summed E-state index contributed by atoms with van der Waals surface area (Å²) in [4.78, 5) is 14.3. The summed E-state index contributed by atoms with van der Waals surface area (Å²) in [6.07, 6.45) is 2.11. The minimum atomic E-state index is -4.09. The number of benzene rings is 2. The maximum atomic E-state index is 15.5. The molecule has 1 heterocycles. The number of hydrogen-bond acceptors (Lipinski definition) is 3. The van der Waals surface area contributed by atoms with Crippen molar-refractivity contribution in [3.8, 4) is 11.1 Å². The van der Waals surface area contributed by atoms with Crippen molar-refractivity contribution in [3.63, 3.8) is 0 Å². The molecule has 1 N–H and O–H groups in total. The standard InChI is InChI=1S/C24H23F5N2O3S/c1-35(33,34)30-21-18(31(12-24(21,28)29)22(32)23-9-13(10-23)11-23)8-14-4-2-5-15(19(14)26)16-6-3-7-17(25)20(16)27/h2-7,13,18,21,30H,8-12H2,1H3/t13?,18-,21+,23?/m0/s1. The number of alkyl halides is 2. The lowest BCUT2D eigenvalue weighted by Crippen LogP contribution is -2.62. The molecule has 0 spiro atoms. The van der Waals surface area contributed by atoms with Gasteiger partial charge in [0, 0.05) is 11.1 Å². The fraction of sp³-hybridized carbons (Fsp3) is 0.458. The maximum absolute atomic E-state index is 15.5. The van der Waals surface area contributed by atoms with Crippen LogP contribution >= 0.6 is 0 Å². The Labute approximate surface area is 199 Å². The van der Waals surface area contributed by atoms with Crippen molar-refractivity contribution in [2.24, 2.45) is 11.3 Å². The summed E-state index contributed by atoms with van der Waals surface area (Å²) in [7, 11) is -4.09. The zero-order chi connectivity index (χ0) is 25.3. The molecule has 0 aromatic heterocycles. The van der Waals surface area contributed by atoms with Gasteiger partial charge in [0.1, 0.15) is 11.9 Å². The molecule has 3 saturated carbocycles. The van der Waals surface area contributed by atoms with Crippen LogP contribution in [0, 0.1) is 28.8 Å². The fourth-order valence-electron chi connectivity index (χ4n) is 5.68. The summed E-state index contributed by atoms with van der Waals surface area (Å²) in [5.74, 6) is -7.04. The molecule has 0 radical (unpaired) electrons. The summed E-state index contributed by atoms with van der Waals surface area (Å²) in [5, 5.41) is 0. The number of carbonyl (C=O) groups excluding carboxylic acids is 1. The number of rotatable bonds is 6. The summed E-state index contributed by atoms with van der Waals surface area (Å²) in [6, 6.07) is 3.86.